The molecular weight excluding hydrogens is 963 g/mol. The predicted molar refractivity (Wildman–Crippen MR) is 328 cm³/mol. The van der Waals surface area contributed by atoms with Gasteiger partial charge in [-0.25, -0.2) is 15.0 Å². The lowest BCUT2D eigenvalue weighted by Crippen LogP contribution is -1.95. The van der Waals surface area contributed by atoms with Crippen molar-refractivity contribution >= 4 is 67.0 Å². The Kier molecular flexibility index (Phi) is 19.7. The van der Waals surface area contributed by atoms with Crippen LogP contribution >= 0.6 is 22.7 Å². The van der Waals surface area contributed by atoms with Crippen molar-refractivity contribution in [2.24, 2.45) is 0 Å². The van der Waals surface area contributed by atoms with Gasteiger partial charge in [0.1, 0.15) is 5.69 Å². The molecule has 0 unspecified atom stereocenters. The maximum atomic E-state index is 5.62. The Labute approximate surface area is 463 Å². The van der Waals surface area contributed by atoms with Gasteiger partial charge in [-0.15, -0.1) is 22.7 Å². The van der Waals surface area contributed by atoms with Crippen LogP contribution in [0, 0.1) is 47.4 Å². The summed E-state index contributed by atoms with van der Waals surface area (Å²) in [6.07, 6.45) is 20.5. The summed E-state index contributed by atoms with van der Waals surface area (Å²) in [5, 5.41) is 0. The summed E-state index contributed by atoms with van der Waals surface area (Å²) in [5.74, 6) is 27.0. The van der Waals surface area contributed by atoms with E-state index >= 15 is 0 Å². The molecule has 0 fully saturated rings. The second-order valence-electron chi connectivity index (χ2n) is 19.8. The first-order valence-electron chi connectivity index (χ1n) is 28.7. The average molecular weight is 1040 g/mol. The van der Waals surface area contributed by atoms with Crippen molar-refractivity contribution in [3.8, 4) is 57.1 Å². The van der Waals surface area contributed by atoms with E-state index in [1.165, 1.54) is 115 Å². The Morgan fingerprint density at radius 1 is 0.434 bits per heavy atom. The lowest BCUT2D eigenvalue weighted by Gasteiger charge is -2.08. The number of hydrogen-bond donors (Lipinski definition) is 2. The first-order valence-corrected chi connectivity index (χ1v) is 30.4. The van der Waals surface area contributed by atoms with Gasteiger partial charge in [-0.3, -0.25) is 0 Å². The summed E-state index contributed by atoms with van der Waals surface area (Å²) in [6, 6.07) is 17.5. The minimum Gasteiger partial charge on any atom is -0.355 e. The molecule has 0 spiro atoms. The van der Waals surface area contributed by atoms with Crippen molar-refractivity contribution in [3.05, 3.63) is 132 Å². The van der Waals surface area contributed by atoms with Gasteiger partial charge in [-0.05, 0) is 223 Å². The third-order valence-electron chi connectivity index (χ3n) is 15.1. The molecule has 0 saturated carbocycles. The summed E-state index contributed by atoms with van der Waals surface area (Å²) in [6.45, 7) is 22.7. The van der Waals surface area contributed by atoms with Crippen molar-refractivity contribution in [2.45, 2.75) is 185 Å². The Balaban J connectivity index is 1.32. The fourth-order valence-corrected chi connectivity index (χ4v) is 13.5. The molecule has 2 N–H and O–H groups in total. The van der Waals surface area contributed by atoms with Crippen LogP contribution in [-0.4, -0.2) is 24.9 Å². The van der Waals surface area contributed by atoms with E-state index in [-0.39, 0.29) is 0 Å². The molecule has 2 aliphatic rings. The molecule has 6 aromatic heterocycles. The van der Waals surface area contributed by atoms with Crippen molar-refractivity contribution in [1.29, 1.82) is 0 Å². The minimum atomic E-state index is 0.730. The van der Waals surface area contributed by atoms with Gasteiger partial charge in [0.25, 0.3) is 0 Å². The highest BCUT2D eigenvalue weighted by molar-refractivity contribution is 7.22. The summed E-state index contributed by atoms with van der Waals surface area (Å²) in [7, 11) is 0. The van der Waals surface area contributed by atoms with Gasteiger partial charge in [0.2, 0.25) is 0 Å². The highest BCUT2D eigenvalue weighted by atomic mass is 32.1. The summed E-state index contributed by atoms with van der Waals surface area (Å²) in [4.78, 5) is 28.1. The van der Waals surface area contributed by atoms with Gasteiger partial charge in [-0.2, -0.15) is 0 Å². The number of pyridine rings is 1. The monoisotopic (exact) mass is 1040 g/mol. The molecule has 5 nitrogen and oxygen atoms in total. The van der Waals surface area contributed by atoms with E-state index < -0.39 is 0 Å². The Morgan fingerprint density at radius 3 is 1.28 bits per heavy atom. The number of rotatable bonds is 19. The SMILES string of the molecule is CCCCCCc1cc(-c2cc(CCCCCC)c(C#CC#Cc3c4nc(cc5[nH]c(cc6[nH]c(cc7nc3C(CC)=C7CC)c(CC)c6CC)c(CC)c5CC)C(CC)=C4CC)s2)sc1C#CC#Cc1ccccn1. The largest absolute Gasteiger partial charge is 0.355 e. The number of nitrogens with one attached hydrogen (secondary N) is 2. The second kappa shape index (κ2) is 26.9. The molecule has 6 aromatic rings. The van der Waals surface area contributed by atoms with Crippen LogP contribution < -0.4 is 0 Å². The normalized spacial score (nSPS) is 12.0. The van der Waals surface area contributed by atoms with Gasteiger partial charge in [0.15, 0.2) is 0 Å². The molecule has 2 aliphatic heterocycles. The lowest BCUT2D eigenvalue weighted by atomic mass is 9.94. The van der Waals surface area contributed by atoms with Gasteiger partial charge >= 0.3 is 0 Å². The van der Waals surface area contributed by atoms with E-state index in [0.29, 0.717) is 0 Å². The predicted octanol–water partition coefficient (Wildman–Crippen LogP) is 18.3. The highest BCUT2D eigenvalue weighted by Crippen LogP contribution is 2.43. The van der Waals surface area contributed by atoms with Crippen molar-refractivity contribution < 1.29 is 0 Å². The molecular formula is C69H77N5S2. The molecule has 0 aromatic carbocycles. The summed E-state index contributed by atoms with van der Waals surface area (Å²) < 4.78 is 0. The number of aryl methyl sites for hydroxylation is 6. The van der Waals surface area contributed by atoms with E-state index in [1.807, 2.05) is 18.2 Å². The number of aromatic nitrogens is 5. The topological polar surface area (TPSA) is 70.2 Å². The average Bonchev–Trinajstić information content (AvgIpc) is 4.31. The van der Waals surface area contributed by atoms with E-state index in [2.05, 4.69) is 162 Å². The number of nitrogens with zero attached hydrogens (tertiary/aromatic N) is 3. The molecule has 0 amide bonds. The number of aromatic amines is 2. The zero-order valence-corrected chi connectivity index (χ0v) is 48.7. The van der Waals surface area contributed by atoms with Crippen molar-refractivity contribution in [1.82, 2.24) is 24.9 Å². The van der Waals surface area contributed by atoms with Crippen molar-refractivity contribution in [2.75, 3.05) is 0 Å². The fraction of sp³-hybridized carbons (Fsp3) is 0.406. The molecule has 76 heavy (non-hydrogen) atoms. The maximum absolute atomic E-state index is 5.62. The van der Waals surface area contributed by atoms with Gasteiger partial charge in [-0.1, -0.05) is 114 Å². The summed E-state index contributed by atoms with van der Waals surface area (Å²) in [5.41, 5.74) is 23.2. The molecule has 7 heteroatoms. The van der Waals surface area contributed by atoms with Crippen LogP contribution in [-0.2, 0) is 38.5 Å². The number of fused-ring (bicyclic) bond motifs is 8. The first kappa shape index (κ1) is 55.6. The zero-order valence-electron chi connectivity index (χ0n) is 47.1. The number of H-pyrrole nitrogens is 2. The van der Waals surface area contributed by atoms with Crippen LogP contribution in [0.15, 0.2) is 54.7 Å². The Morgan fingerprint density at radius 2 is 0.868 bits per heavy atom. The zero-order chi connectivity index (χ0) is 53.6. The van der Waals surface area contributed by atoms with Crippen LogP contribution in [0.4, 0.5) is 0 Å². The second-order valence-corrected chi connectivity index (χ2v) is 21.9. The number of thiophene rings is 2. The fourth-order valence-electron chi connectivity index (χ4n) is 11.3. The van der Waals surface area contributed by atoms with Crippen LogP contribution in [0.1, 0.15) is 223 Å². The maximum Gasteiger partial charge on any atom is 0.114 e. The number of hydrogen-bond acceptors (Lipinski definition) is 5. The van der Waals surface area contributed by atoms with Crippen LogP contribution in [0.3, 0.4) is 0 Å². The molecule has 0 aliphatic carbocycles. The van der Waals surface area contributed by atoms with Gasteiger partial charge in [0.05, 0.1) is 38.1 Å². The highest BCUT2D eigenvalue weighted by Gasteiger charge is 2.27. The molecule has 390 valence electrons. The van der Waals surface area contributed by atoms with Crippen LogP contribution in [0.5, 0.6) is 0 Å². The lowest BCUT2D eigenvalue weighted by molar-refractivity contribution is 0.667. The third-order valence-corrected chi connectivity index (χ3v) is 17.5. The van der Waals surface area contributed by atoms with E-state index in [0.717, 1.165) is 132 Å². The van der Waals surface area contributed by atoms with E-state index in [4.69, 9.17) is 9.97 Å². The van der Waals surface area contributed by atoms with Crippen LogP contribution in [0.25, 0.3) is 54.1 Å². The summed E-state index contributed by atoms with van der Waals surface area (Å²) >= 11 is 3.57. The molecule has 0 atom stereocenters. The van der Waals surface area contributed by atoms with Crippen LogP contribution in [0.2, 0.25) is 0 Å². The minimum absolute atomic E-state index is 0.730. The van der Waals surface area contributed by atoms with Crippen molar-refractivity contribution in [3.63, 3.8) is 0 Å². The number of allylic oxidation sites excluding steroid dienone is 4. The molecule has 0 saturated heterocycles. The Bertz CT molecular complexity index is 3450. The smallest absolute Gasteiger partial charge is 0.114 e. The standard InChI is InChI=1S/C69H77N5S2/c1-11-21-23-25-33-46-41-66(75-64(46)38-29-27-35-48-36-31-32-40-70-48)67-42-47(34-26-24-22-12-2)65(76-67)39-30-28-37-57-68-55(19-9)53(17-7)62(73-68)44-60-51(15-5)49(13-3)58(71-60)43-59-50(14-4)52(16-6)61(72-59)45-63-54(18-8)56(20-10)69(57)74-63/h31-32,36,40-45,71-72H,11-26,33-34H2,1-10H3. The molecule has 8 rings (SSSR count). The molecule has 8 heterocycles. The Hall–Kier alpha value is -6.61. The third kappa shape index (κ3) is 12.3. The molecule has 0 radical (unpaired) electrons. The van der Waals surface area contributed by atoms with E-state index in [9.17, 15) is 0 Å². The first-order chi connectivity index (χ1) is 37.3. The molecule has 8 bridgehead atoms. The quantitative estimate of drug-likeness (QED) is 0.0627. The van der Waals surface area contributed by atoms with Gasteiger partial charge in [0, 0.05) is 38.0 Å². The van der Waals surface area contributed by atoms with E-state index in [1.54, 1.807) is 28.9 Å². The van der Waals surface area contributed by atoms with Gasteiger partial charge < -0.3 is 9.97 Å². The number of unbranched alkanes of at least 4 members (excludes halogenated alkanes) is 6.